The van der Waals surface area contributed by atoms with Crippen LogP contribution in [0.3, 0.4) is 0 Å². The minimum atomic E-state index is -4.12. The molecule has 3 atom stereocenters. The first-order valence-corrected chi connectivity index (χ1v) is 20.2. The number of ether oxygens (including phenoxy) is 3. The molecule has 0 spiro atoms. The second kappa shape index (κ2) is 25.7. The standard InChI is InChI=1S/C27H65N5O12Si2/c1-27(2,3)44-23-26(35)18-31(11-8-29-7-6-28)12-9-30-10-13-32(19-24(33)21-42-14-4-16-45(36,37)38)20-25(34)22-43-15-5-17-46(39,40)41/h24-26,29-30,33-41H,4-23,28H2,1-3H3. The fourth-order valence-corrected chi connectivity index (χ4v) is 5.51. The predicted molar refractivity (Wildman–Crippen MR) is 177 cm³/mol. The fraction of sp³-hybridized carbons (Fsp3) is 1.00. The average molecular weight is 708 g/mol. The highest BCUT2D eigenvalue weighted by Crippen LogP contribution is 2.08. The summed E-state index contributed by atoms with van der Waals surface area (Å²) in [4.78, 5) is 58.6. The van der Waals surface area contributed by atoms with Crippen LogP contribution in [0.1, 0.15) is 33.6 Å². The van der Waals surface area contributed by atoms with E-state index in [1.165, 1.54) is 0 Å². The van der Waals surface area contributed by atoms with Gasteiger partial charge < -0.3 is 74.7 Å². The van der Waals surface area contributed by atoms with Crippen LogP contribution < -0.4 is 16.4 Å². The zero-order valence-electron chi connectivity index (χ0n) is 28.1. The van der Waals surface area contributed by atoms with E-state index in [1.807, 2.05) is 25.7 Å². The summed E-state index contributed by atoms with van der Waals surface area (Å²) in [5.74, 6) is 0. The molecule has 0 aliphatic heterocycles. The smallest absolute Gasteiger partial charge is 0.390 e. The monoisotopic (exact) mass is 707 g/mol. The molecule has 3 unspecified atom stereocenters. The molecular formula is C27H65N5O12Si2. The molecule has 0 fully saturated rings. The van der Waals surface area contributed by atoms with E-state index in [0.29, 0.717) is 45.8 Å². The maximum absolute atomic E-state index is 10.5. The minimum absolute atomic E-state index is 0.0170. The summed E-state index contributed by atoms with van der Waals surface area (Å²) in [5, 5.41) is 38.2. The molecule has 0 aliphatic carbocycles. The average Bonchev–Trinajstić information content (AvgIpc) is 2.91. The molecule has 46 heavy (non-hydrogen) atoms. The molecule has 0 aromatic heterocycles. The zero-order chi connectivity index (χ0) is 35.1. The Morgan fingerprint density at radius 3 is 1.43 bits per heavy atom. The van der Waals surface area contributed by atoms with E-state index in [1.54, 1.807) is 0 Å². The molecule has 0 saturated heterocycles. The number of aliphatic hydroxyl groups is 3. The highest BCUT2D eigenvalue weighted by molar-refractivity contribution is 6.56. The molecule has 0 heterocycles. The van der Waals surface area contributed by atoms with Crippen LogP contribution in [0.15, 0.2) is 0 Å². The number of hydrogen-bond acceptors (Lipinski definition) is 17. The van der Waals surface area contributed by atoms with Gasteiger partial charge in [0.15, 0.2) is 0 Å². The van der Waals surface area contributed by atoms with Crippen LogP contribution in [0.25, 0.3) is 0 Å². The van der Waals surface area contributed by atoms with Crippen LogP contribution in [0.4, 0.5) is 0 Å². The second-order valence-electron chi connectivity index (χ2n) is 12.6. The molecule has 0 amide bonds. The number of nitrogens with two attached hydrogens (primary N) is 1. The molecule has 19 heteroatoms. The first-order chi connectivity index (χ1) is 21.4. The van der Waals surface area contributed by atoms with Crippen molar-refractivity contribution in [1.82, 2.24) is 20.4 Å². The van der Waals surface area contributed by atoms with E-state index < -0.39 is 35.9 Å². The van der Waals surface area contributed by atoms with Crippen LogP contribution in [-0.2, 0) is 14.2 Å². The number of nitrogens with one attached hydrogen (secondary N) is 2. The van der Waals surface area contributed by atoms with Crippen LogP contribution in [-0.4, -0.2) is 200 Å². The minimum Gasteiger partial charge on any atom is -0.390 e. The van der Waals surface area contributed by atoms with Gasteiger partial charge in [-0.2, -0.15) is 0 Å². The van der Waals surface area contributed by atoms with Gasteiger partial charge in [0.25, 0.3) is 0 Å². The summed E-state index contributed by atoms with van der Waals surface area (Å²) in [5.41, 5.74) is 5.22. The van der Waals surface area contributed by atoms with Crippen molar-refractivity contribution < 1.29 is 58.3 Å². The summed E-state index contributed by atoms with van der Waals surface area (Å²) < 4.78 is 16.5. The Hall–Kier alpha value is -0.246. The van der Waals surface area contributed by atoms with Crippen molar-refractivity contribution in [2.24, 2.45) is 5.73 Å². The molecule has 0 bridgehead atoms. The Balaban J connectivity index is 4.85. The van der Waals surface area contributed by atoms with Gasteiger partial charge in [0.1, 0.15) is 0 Å². The van der Waals surface area contributed by atoms with Gasteiger partial charge in [-0.3, -0.25) is 9.80 Å². The second-order valence-corrected chi connectivity index (χ2v) is 16.7. The van der Waals surface area contributed by atoms with Crippen LogP contribution in [0, 0.1) is 0 Å². The predicted octanol–water partition coefficient (Wildman–Crippen LogP) is -4.73. The maximum atomic E-state index is 10.5. The summed E-state index contributed by atoms with van der Waals surface area (Å²) in [6.07, 6.45) is -1.95. The van der Waals surface area contributed by atoms with Gasteiger partial charge in [0.2, 0.25) is 0 Å². The molecule has 0 aromatic rings. The highest BCUT2D eigenvalue weighted by atomic mass is 28.4. The normalized spacial score (nSPS) is 15.2. The molecule has 0 saturated carbocycles. The van der Waals surface area contributed by atoms with Crippen molar-refractivity contribution >= 4 is 17.6 Å². The van der Waals surface area contributed by atoms with E-state index in [4.69, 9.17) is 48.7 Å². The molecule has 17 nitrogen and oxygen atoms in total. The van der Waals surface area contributed by atoms with E-state index in [-0.39, 0.29) is 76.7 Å². The van der Waals surface area contributed by atoms with Crippen LogP contribution in [0.2, 0.25) is 12.1 Å². The van der Waals surface area contributed by atoms with Gasteiger partial charge in [-0.25, -0.2) is 0 Å². The molecule has 13 N–H and O–H groups in total. The summed E-state index contributed by atoms with van der Waals surface area (Å²) in [6.45, 7) is 12.1. The number of aliphatic hydroxyl groups excluding tert-OH is 3. The molecular weight excluding hydrogens is 642 g/mol. The van der Waals surface area contributed by atoms with Gasteiger partial charge in [0, 0.05) is 97.3 Å². The lowest BCUT2D eigenvalue weighted by atomic mass is 10.2. The van der Waals surface area contributed by atoms with Gasteiger partial charge >= 0.3 is 17.6 Å². The molecule has 278 valence electrons. The maximum Gasteiger partial charge on any atom is 0.492 e. The summed E-state index contributed by atoms with van der Waals surface area (Å²) in [6, 6.07) is -0.313. The third-order valence-corrected chi connectivity index (χ3v) is 8.52. The van der Waals surface area contributed by atoms with Gasteiger partial charge in [-0.15, -0.1) is 0 Å². The Kier molecular flexibility index (Phi) is 25.5. The van der Waals surface area contributed by atoms with E-state index in [2.05, 4.69) is 15.5 Å². The Morgan fingerprint density at radius 1 is 0.630 bits per heavy atom. The molecule has 0 radical (unpaired) electrons. The Morgan fingerprint density at radius 2 is 1.02 bits per heavy atom. The fourth-order valence-electron chi connectivity index (χ4n) is 4.28. The van der Waals surface area contributed by atoms with Crippen molar-refractivity contribution in [2.45, 2.75) is 69.6 Å². The third kappa shape index (κ3) is 32.3. The van der Waals surface area contributed by atoms with E-state index in [0.717, 1.165) is 13.1 Å². The van der Waals surface area contributed by atoms with E-state index in [9.17, 15) is 15.3 Å². The molecule has 0 aliphatic rings. The third-order valence-electron chi connectivity index (χ3n) is 6.47. The van der Waals surface area contributed by atoms with Gasteiger partial charge in [-0.1, -0.05) is 0 Å². The number of nitrogens with zero attached hydrogens (tertiary/aromatic N) is 2. The zero-order valence-corrected chi connectivity index (χ0v) is 30.1. The highest BCUT2D eigenvalue weighted by Gasteiger charge is 2.26. The molecule has 0 rings (SSSR count). The SMILES string of the molecule is CC(C)(C)OCC(O)CN(CCNCCN)CCNCCN(CC(O)COCCC[Si](O)(O)O)CC(O)COCCC[Si](O)(O)O. The van der Waals surface area contributed by atoms with Gasteiger partial charge in [-0.05, 0) is 33.6 Å². The number of hydrogen-bond donors (Lipinski definition) is 12. The van der Waals surface area contributed by atoms with Crippen LogP contribution in [0.5, 0.6) is 0 Å². The largest absolute Gasteiger partial charge is 0.492 e. The Labute approximate surface area is 276 Å². The first kappa shape index (κ1) is 45.8. The lowest BCUT2D eigenvalue weighted by Crippen LogP contribution is -2.45. The Bertz CT molecular complexity index is 688. The van der Waals surface area contributed by atoms with Crippen LogP contribution >= 0.6 is 0 Å². The summed E-state index contributed by atoms with van der Waals surface area (Å²) in [7, 11) is -8.25. The van der Waals surface area contributed by atoms with Crippen molar-refractivity contribution in [3.63, 3.8) is 0 Å². The van der Waals surface area contributed by atoms with Crippen molar-refractivity contribution in [2.75, 3.05) is 105 Å². The lowest BCUT2D eigenvalue weighted by Gasteiger charge is -2.29. The van der Waals surface area contributed by atoms with Crippen molar-refractivity contribution in [3.8, 4) is 0 Å². The summed E-state index contributed by atoms with van der Waals surface area (Å²) >= 11 is 0. The van der Waals surface area contributed by atoms with Gasteiger partial charge in [0.05, 0.1) is 43.7 Å². The number of rotatable bonds is 31. The first-order valence-electron chi connectivity index (χ1n) is 16.1. The quantitative estimate of drug-likeness (QED) is 0.0238. The lowest BCUT2D eigenvalue weighted by molar-refractivity contribution is -0.0559. The molecule has 0 aromatic carbocycles. The topological polar surface area (TPSA) is 266 Å². The van der Waals surface area contributed by atoms with Crippen molar-refractivity contribution in [1.29, 1.82) is 0 Å². The van der Waals surface area contributed by atoms with Crippen molar-refractivity contribution in [3.05, 3.63) is 0 Å². The van der Waals surface area contributed by atoms with E-state index >= 15 is 0 Å².